The van der Waals surface area contributed by atoms with Crippen LogP contribution in [-0.2, 0) is 9.59 Å². The summed E-state index contributed by atoms with van der Waals surface area (Å²) >= 11 is 0. The van der Waals surface area contributed by atoms with E-state index in [1.807, 2.05) is 12.2 Å². The third-order valence-electron chi connectivity index (χ3n) is 3.30. The Morgan fingerprint density at radius 2 is 1.65 bits per heavy atom. The summed E-state index contributed by atoms with van der Waals surface area (Å²) in [4.78, 5) is 21.2. The van der Waals surface area contributed by atoms with Crippen molar-refractivity contribution in [2.75, 3.05) is 0 Å². The van der Waals surface area contributed by atoms with E-state index in [1.165, 1.54) is 32.1 Å². The average Bonchev–Trinajstić information content (AvgIpc) is 2.38. The van der Waals surface area contributed by atoms with Gasteiger partial charge >= 0.3 is 11.9 Å². The Kier molecular flexibility index (Phi) is 11.9. The molecule has 0 fully saturated rings. The fourth-order valence-corrected chi connectivity index (χ4v) is 2.13. The molecule has 0 saturated heterocycles. The molecule has 20 heavy (non-hydrogen) atoms. The number of unbranched alkanes of at least 4 members (excludes halogenated alkanes) is 6. The molecule has 116 valence electrons. The van der Waals surface area contributed by atoms with E-state index in [4.69, 9.17) is 10.2 Å². The number of hydrogen-bond acceptors (Lipinski definition) is 2. The lowest BCUT2D eigenvalue weighted by molar-refractivity contribution is -0.140. The van der Waals surface area contributed by atoms with Gasteiger partial charge in [0.1, 0.15) is 0 Å². The largest absolute Gasteiger partial charge is 0.481 e. The average molecular weight is 284 g/mol. The van der Waals surface area contributed by atoms with Crippen molar-refractivity contribution in [2.24, 2.45) is 5.92 Å². The maximum atomic E-state index is 10.7. The fourth-order valence-electron chi connectivity index (χ4n) is 2.13. The smallest absolute Gasteiger partial charge is 0.303 e. The molecule has 0 spiro atoms. The minimum absolute atomic E-state index is 0.0142. The molecule has 4 nitrogen and oxygen atoms in total. The Labute approximate surface area is 121 Å². The number of hydrogen-bond donors (Lipinski definition) is 2. The summed E-state index contributed by atoms with van der Waals surface area (Å²) in [5.74, 6) is -1.90. The van der Waals surface area contributed by atoms with Crippen LogP contribution in [0.25, 0.3) is 0 Å². The first-order chi connectivity index (χ1) is 9.56. The lowest BCUT2D eigenvalue weighted by Gasteiger charge is -2.08. The van der Waals surface area contributed by atoms with Crippen molar-refractivity contribution in [3.63, 3.8) is 0 Å². The molecule has 0 aromatic heterocycles. The number of allylic oxidation sites excluding steroid dienone is 2. The lowest BCUT2D eigenvalue weighted by Crippen LogP contribution is -2.08. The zero-order valence-corrected chi connectivity index (χ0v) is 12.5. The molecule has 1 unspecified atom stereocenters. The van der Waals surface area contributed by atoms with Crippen molar-refractivity contribution in [1.82, 2.24) is 0 Å². The second-order valence-electron chi connectivity index (χ2n) is 5.27. The van der Waals surface area contributed by atoms with Crippen LogP contribution in [0, 0.1) is 5.92 Å². The molecule has 0 aromatic rings. The van der Waals surface area contributed by atoms with Crippen molar-refractivity contribution in [3.8, 4) is 0 Å². The molecule has 0 aromatic carbocycles. The van der Waals surface area contributed by atoms with E-state index in [2.05, 4.69) is 6.92 Å². The number of rotatable bonds is 13. The van der Waals surface area contributed by atoms with Gasteiger partial charge in [-0.3, -0.25) is 9.59 Å². The summed E-state index contributed by atoms with van der Waals surface area (Å²) in [6.07, 6.45) is 12.7. The maximum absolute atomic E-state index is 10.7. The summed E-state index contributed by atoms with van der Waals surface area (Å²) in [5.41, 5.74) is 0. The monoisotopic (exact) mass is 284 g/mol. The topological polar surface area (TPSA) is 74.6 Å². The second kappa shape index (κ2) is 12.7. The molecule has 0 rings (SSSR count). The van der Waals surface area contributed by atoms with Crippen LogP contribution in [0.15, 0.2) is 12.2 Å². The van der Waals surface area contributed by atoms with E-state index in [-0.39, 0.29) is 18.8 Å². The molecular formula is C16H28O4. The third kappa shape index (κ3) is 13.1. The molecule has 2 N–H and O–H groups in total. The van der Waals surface area contributed by atoms with E-state index in [1.54, 1.807) is 0 Å². The van der Waals surface area contributed by atoms with Crippen molar-refractivity contribution in [1.29, 1.82) is 0 Å². The number of carboxylic acid groups (broad SMARTS) is 2. The zero-order chi connectivity index (χ0) is 15.2. The van der Waals surface area contributed by atoms with Crippen LogP contribution in [0.3, 0.4) is 0 Å². The molecule has 4 heteroatoms. The fraction of sp³-hybridized carbons (Fsp3) is 0.750. The first-order valence-electron chi connectivity index (χ1n) is 7.66. The standard InChI is InChI=1S/C16H28O4/c1-2-3-4-5-6-7-8-9-10-14(13-16(19)20)11-12-15(17)18/h9-10,14H,2-8,11-13H2,1H3,(H,17,18)(H,19,20)/b10-9+. The van der Waals surface area contributed by atoms with Gasteiger partial charge in [0.15, 0.2) is 0 Å². The molecule has 0 radical (unpaired) electrons. The van der Waals surface area contributed by atoms with Gasteiger partial charge in [-0.05, 0) is 25.2 Å². The summed E-state index contributed by atoms with van der Waals surface area (Å²) in [7, 11) is 0. The zero-order valence-electron chi connectivity index (χ0n) is 12.5. The minimum Gasteiger partial charge on any atom is -0.481 e. The quantitative estimate of drug-likeness (QED) is 0.391. The molecule has 0 aliphatic carbocycles. The Morgan fingerprint density at radius 3 is 2.25 bits per heavy atom. The Hall–Kier alpha value is -1.32. The second-order valence-corrected chi connectivity index (χ2v) is 5.27. The molecule has 0 aliphatic rings. The van der Waals surface area contributed by atoms with Gasteiger partial charge in [0, 0.05) is 6.42 Å². The molecule has 0 bridgehead atoms. The van der Waals surface area contributed by atoms with Crippen LogP contribution in [0.2, 0.25) is 0 Å². The predicted molar refractivity (Wildman–Crippen MR) is 79.7 cm³/mol. The minimum atomic E-state index is -0.871. The van der Waals surface area contributed by atoms with Gasteiger partial charge in [-0.2, -0.15) is 0 Å². The van der Waals surface area contributed by atoms with Crippen LogP contribution in [-0.4, -0.2) is 22.2 Å². The molecular weight excluding hydrogens is 256 g/mol. The van der Waals surface area contributed by atoms with Crippen molar-refractivity contribution in [3.05, 3.63) is 12.2 Å². The van der Waals surface area contributed by atoms with Crippen LogP contribution >= 0.6 is 0 Å². The highest BCUT2D eigenvalue weighted by Crippen LogP contribution is 2.15. The van der Waals surface area contributed by atoms with E-state index < -0.39 is 11.9 Å². The van der Waals surface area contributed by atoms with E-state index >= 15 is 0 Å². The van der Waals surface area contributed by atoms with Gasteiger partial charge in [-0.25, -0.2) is 0 Å². The van der Waals surface area contributed by atoms with Crippen molar-refractivity contribution < 1.29 is 19.8 Å². The van der Waals surface area contributed by atoms with E-state index in [9.17, 15) is 9.59 Å². The molecule has 1 atom stereocenters. The highest BCUT2D eigenvalue weighted by Gasteiger charge is 2.11. The normalized spacial score (nSPS) is 12.7. The molecule has 0 aliphatic heterocycles. The number of carbonyl (C=O) groups is 2. The SMILES string of the molecule is CCCCCCCC/C=C/C(CCC(=O)O)CC(=O)O. The van der Waals surface area contributed by atoms with Crippen molar-refractivity contribution in [2.45, 2.75) is 71.1 Å². The van der Waals surface area contributed by atoms with E-state index in [0.29, 0.717) is 6.42 Å². The van der Waals surface area contributed by atoms with Gasteiger partial charge in [-0.1, -0.05) is 51.2 Å². The highest BCUT2D eigenvalue weighted by atomic mass is 16.4. The van der Waals surface area contributed by atoms with Gasteiger partial charge in [0.05, 0.1) is 6.42 Å². The van der Waals surface area contributed by atoms with Crippen LogP contribution in [0.1, 0.15) is 71.1 Å². The van der Waals surface area contributed by atoms with Gasteiger partial charge < -0.3 is 10.2 Å². The first kappa shape index (κ1) is 18.7. The predicted octanol–water partition coefficient (Wildman–Crippen LogP) is 4.25. The number of carboxylic acids is 2. The van der Waals surface area contributed by atoms with Gasteiger partial charge in [-0.15, -0.1) is 0 Å². The van der Waals surface area contributed by atoms with Gasteiger partial charge in [0.25, 0.3) is 0 Å². The van der Waals surface area contributed by atoms with Crippen molar-refractivity contribution >= 4 is 11.9 Å². The van der Waals surface area contributed by atoms with Crippen LogP contribution < -0.4 is 0 Å². The summed E-state index contributed by atoms with van der Waals surface area (Å²) in [5, 5.41) is 17.4. The summed E-state index contributed by atoms with van der Waals surface area (Å²) < 4.78 is 0. The highest BCUT2D eigenvalue weighted by molar-refractivity contribution is 5.68. The molecule has 0 saturated carbocycles. The van der Waals surface area contributed by atoms with Crippen LogP contribution in [0.5, 0.6) is 0 Å². The lowest BCUT2D eigenvalue weighted by atomic mass is 9.98. The summed E-state index contributed by atoms with van der Waals surface area (Å²) in [6.45, 7) is 2.20. The first-order valence-corrected chi connectivity index (χ1v) is 7.66. The summed E-state index contributed by atoms with van der Waals surface area (Å²) in [6, 6.07) is 0. The van der Waals surface area contributed by atoms with Gasteiger partial charge in [0.2, 0.25) is 0 Å². The molecule has 0 amide bonds. The number of aliphatic carboxylic acids is 2. The maximum Gasteiger partial charge on any atom is 0.303 e. The molecule has 0 heterocycles. The van der Waals surface area contributed by atoms with Crippen LogP contribution in [0.4, 0.5) is 0 Å². The van der Waals surface area contributed by atoms with E-state index in [0.717, 1.165) is 12.8 Å². The Balaban J connectivity index is 3.82. The Morgan fingerprint density at radius 1 is 1.00 bits per heavy atom. The third-order valence-corrected chi connectivity index (χ3v) is 3.30. The Bertz CT molecular complexity index is 297.